The molecule has 0 saturated carbocycles. The molecule has 1 saturated heterocycles. The van der Waals surface area contributed by atoms with Gasteiger partial charge in [0.15, 0.2) is 0 Å². The van der Waals surface area contributed by atoms with Crippen molar-refractivity contribution >= 4 is 10.0 Å². The van der Waals surface area contributed by atoms with Crippen molar-refractivity contribution in [1.29, 1.82) is 0 Å². The fraction of sp³-hybridized carbons (Fsp3) is 0.625. The number of hydrogen-bond donors (Lipinski definition) is 1. The molecule has 2 atom stereocenters. The molecule has 1 aromatic carbocycles. The van der Waals surface area contributed by atoms with E-state index in [2.05, 4.69) is 19.2 Å². The molecule has 118 valence electrons. The van der Waals surface area contributed by atoms with Crippen molar-refractivity contribution in [2.24, 2.45) is 0 Å². The molecule has 0 aliphatic carbocycles. The van der Waals surface area contributed by atoms with Crippen LogP contribution >= 0.6 is 0 Å². The van der Waals surface area contributed by atoms with E-state index in [4.69, 9.17) is 0 Å². The van der Waals surface area contributed by atoms with Crippen LogP contribution in [0.4, 0.5) is 0 Å². The van der Waals surface area contributed by atoms with E-state index in [1.165, 1.54) is 0 Å². The molecule has 1 aliphatic rings. The van der Waals surface area contributed by atoms with E-state index < -0.39 is 10.0 Å². The topological polar surface area (TPSA) is 49.4 Å². The zero-order chi connectivity index (χ0) is 15.5. The van der Waals surface area contributed by atoms with Gasteiger partial charge in [0, 0.05) is 18.6 Å². The molecule has 0 radical (unpaired) electrons. The Morgan fingerprint density at radius 2 is 2.14 bits per heavy atom. The molecule has 0 amide bonds. The second-order valence-corrected chi connectivity index (χ2v) is 7.59. The smallest absolute Gasteiger partial charge is 0.243 e. The predicted octanol–water partition coefficient (Wildman–Crippen LogP) is 2.92. The highest BCUT2D eigenvalue weighted by Gasteiger charge is 2.32. The van der Waals surface area contributed by atoms with Crippen LogP contribution in [0.3, 0.4) is 0 Å². The lowest BCUT2D eigenvalue weighted by Crippen LogP contribution is -2.33. The fourth-order valence-electron chi connectivity index (χ4n) is 3.04. The Balaban J connectivity index is 2.32. The highest BCUT2D eigenvalue weighted by molar-refractivity contribution is 7.89. The van der Waals surface area contributed by atoms with E-state index in [0.29, 0.717) is 11.4 Å². The summed E-state index contributed by atoms with van der Waals surface area (Å²) >= 11 is 0. The van der Waals surface area contributed by atoms with Gasteiger partial charge in [-0.25, -0.2) is 8.42 Å². The Morgan fingerprint density at radius 1 is 1.38 bits per heavy atom. The van der Waals surface area contributed by atoms with Crippen LogP contribution in [0, 0.1) is 0 Å². The van der Waals surface area contributed by atoms with Gasteiger partial charge in [0.2, 0.25) is 10.0 Å². The summed E-state index contributed by atoms with van der Waals surface area (Å²) < 4.78 is 27.2. The third kappa shape index (κ3) is 3.47. The van der Waals surface area contributed by atoms with Crippen molar-refractivity contribution in [3.05, 3.63) is 29.8 Å². The van der Waals surface area contributed by atoms with E-state index in [0.717, 1.165) is 31.4 Å². The van der Waals surface area contributed by atoms with Crippen LogP contribution < -0.4 is 5.32 Å². The van der Waals surface area contributed by atoms with Gasteiger partial charge in [0.25, 0.3) is 0 Å². The van der Waals surface area contributed by atoms with Gasteiger partial charge in [0.1, 0.15) is 0 Å². The molecule has 21 heavy (non-hydrogen) atoms. The fourth-order valence-corrected chi connectivity index (χ4v) is 4.79. The predicted molar refractivity (Wildman–Crippen MR) is 85.7 cm³/mol. The summed E-state index contributed by atoms with van der Waals surface area (Å²) in [6.07, 6.45) is 2.85. The van der Waals surface area contributed by atoms with Crippen LogP contribution in [0.15, 0.2) is 29.2 Å². The number of rotatable bonds is 6. The largest absolute Gasteiger partial charge is 0.310 e. The zero-order valence-electron chi connectivity index (χ0n) is 13.2. The molecule has 2 unspecified atom stereocenters. The minimum absolute atomic E-state index is 0.106. The monoisotopic (exact) mass is 310 g/mol. The second kappa shape index (κ2) is 6.90. The minimum atomic E-state index is -3.36. The Labute approximate surface area is 128 Å². The highest BCUT2D eigenvalue weighted by atomic mass is 32.2. The van der Waals surface area contributed by atoms with Crippen molar-refractivity contribution < 1.29 is 8.42 Å². The quantitative estimate of drug-likeness (QED) is 0.879. The lowest BCUT2D eigenvalue weighted by molar-refractivity contribution is 0.408. The maximum atomic E-state index is 12.8. The first-order valence-electron chi connectivity index (χ1n) is 7.85. The molecule has 2 rings (SSSR count). The number of hydrogen-bond acceptors (Lipinski definition) is 3. The van der Waals surface area contributed by atoms with Gasteiger partial charge in [-0.1, -0.05) is 26.0 Å². The first kappa shape index (κ1) is 16.5. The molecule has 1 aromatic rings. The molecule has 0 spiro atoms. The first-order valence-corrected chi connectivity index (χ1v) is 9.29. The Bertz CT molecular complexity index is 571. The van der Waals surface area contributed by atoms with Gasteiger partial charge in [-0.3, -0.25) is 0 Å². The van der Waals surface area contributed by atoms with Gasteiger partial charge >= 0.3 is 0 Å². The molecular formula is C16H26N2O2S. The summed E-state index contributed by atoms with van der Waals surface area (Å²) in [5.74, 6) is 0. The van der Waals surface area contributed by atoms with Crippen molar-refractivity contribution in [2.45, 2.75) is 57.0 Å². The van der Waals surface area contributed by atoms with Gasteiger partial charge in [0.05, 0.1) is 4.90 Å². The van der Waals surface area contributed by atoms with Crippen molar-refractivity contribution in [2.75, 3.05) is 13.1 Å². The summed E-state index contributed by atoms with van der Waals surface area (Å²) in [5.41, 5.74) is 1.05. The molecule has 1 heterocycles. The van der Waals surface area contributed by atoms with Crippen LogP contribution in [0.5, 0.6) is 0 Å². The molecule has 0 bridgehead atoms. The maximum Gasteiger partial charge on any atom is 0.243 e. The molecule has 5 heteroatoms. The van der Waals surface area contributed by atoms with Crippen LogP contribution in [0.1, 0.15) is 51.6 Å². The summed E-state index contributed by atoms with van der Waals surface area (Å²) in [6, 6.07) is 7.71. The van der Waals surface area contributed by atoms with Gasteiger partial charge in [-0.15, -0.1) is 0 Å². The van der Waals surface area contributed by atoms with E-state index in [1.807, 2.05) is 25.1 Å². The summed E-state index contributed by atoms with van der Waals surface area (Å²) in [4.78, 5) is 0.421. The van der Waals surface area contributed by atoms with Crippen LogP contribution in [0.2, 0.25) is 0 Å². The summed E-state index contributed by atoms with van der Waals surface area (Å²) in [5, 5.41) is 3.40. The lowest BCUT2D eigenvalue weighted by Gasteiger charge is -2.22. The van der Waals surface area contributed by atoms with Crippen molar-refractivity contribution in [1.82, 2.24) is 9.62 Å². The first-order chi connectivity index (χ1) is 10.0. The summed E-state index contributed by atoms with van der Waals surface area (Å²) in [7, 11) is -3.36. The second-order valence-electron chi connectivity index (χ2n) is 5.70. The summed E-state index contributed by atoms with van der Waals surface area (Å²) in [6.45, 7) is 7.67. The van der Waals surface area contributed by atoms with Gasteiger partial charge in [-0.05, 0) is 50.4 Å². The average molecular weight is 310 g/mol. The molecular weight excluding hydrogens is 284 g/mol. The minimum Gasteiger partial charge on any atom is -0.310 e. The Hall–Kier alpha value is -0.910. The Kier molecular flexibility index (Phi) is 5.41. The van der Waals surface area contributed by atoms with Crippen LogP contribution in [0.25, 0.3) is 0 Å². The highest BCUT2D eigenvalue weighted by Crippen LogP contribution is 2.27. The molecule has 1 N–H and O–H groups in total. The van der Waals surface area contributed by atoms with Gasteiger partial charge in [-0.2, -0.15) is 4.31 Å². The van der Waals surface area contributed by atoms with Crippen LogP contribution in [-0.2, 0) is 10.0 Å². The van der Waals surface area contributed by atoms with Crippen molar-refractivity contribution in [3.8, 4) is 0 Å². The molecule has 1 aliphatic heterocycles. The molecule has 4 nitrogen and oxygen atoms in total. The number of nitrogens with zero attached hydrogens (tertiary/aromatic N) is 1. The van der Waals surface area contributed by atoms with Crippen LogP contribution in [-0.4, -0.2) is 31.9 Å². The lowest BCUT2D eigenvalue weighted by atomic mass is 10.0. The number of nitrogens with one attached hydrogen (secondary N) is 1. The average Bonchev–Trinajstić information content (AvgIpc) is 2.92. The van der Waals surface area contributed by atoms with E-state index in [9.17, 15) is 8.42 Å². The zero-order valence-corrected chi connectivity index (χ0v) is 14.0. The van der Waals surface area contributed by atoms with Crippen molar-refractivity contribution in [3.63, 3.8) is 0 Å². The molecule has 0 aromatic heterocycles. The normalized spacial score (nSPS) is 21.6. The maximum absolute atomic E-state index is 12.8. The number of benzene rings is 1. The number of sulfonamides is 1. The third-order valence-corrected chi connectivity index (χ3v) is 6.23. The van der Waals surface area contributed by atoms with Gasteiger partial charge < -0.3 is 5.32 Å². The third-order valence-electron chi connectivity index (χ3n) is 4.22. The SMILES string of the molecule is CCNC(CC)c1cccc(S(=O)(=O)N2CCCC2C)c1. The molecule has 1 fully saturated rings. The van der Waals surface area contributed by atoms with E-state index >= 15 is 0 Å². The Morgan fingerprint density at radius 3 is 2.71 bits per heavy atom. The van der Waals surface area contributed by atoms with E-state index in [-0.39, 0.29) is 12.1 Å². The van der Waals surface area contributed by atoms with E-state index in [1.54, 1.807) is 10.4 Å². The standard InChI is InChI=1S/C16H26N2O2S/c1-4-16(17-5-2)14-9-6-10-15(12-14)21(19,20)18-11-7-8-13(18)3/h6,9-10,12-13,16-17H,4-5,7-8,11H2,1-3H3.